The molecule has 2 aromatic heterocycles. The molecule has 0 aliphatic carbocycles. The zero-order valence-electron chi connectivity index (χ0n) is 21.6. The van der Waals surface area contributed by atoms with Crippen LogP contribution in [0.4, 0.5) is 26.0 Å². The summed E-state index contributed by atoms with van der Waals surface area (Å²) in [7, 11) is 0. The summed E-state index contributed by atoms with van der Waals surface area (Å²) in [6, 6.07) is 15.9. The van der Waals surface area contributed by atoms with Crippen molar-refractivity contribution in [2.45, 2.75) is 13.1 Å². The number of nitrogens with two attached hydrogens (primary N) is 1. The average Bonchev–Trinajstić information content (AvgIpc) is 3.57. The lowest BCUT2D eigenvalue weighted by Gasteiger charge is -2.10. The number of carbonyl (C=O) groups excluding carboxylic acids is 2. The summed E-state index contributed by atoms with van der Waals surface area (Å²) in [6.45, 7) is 0.934. The first-order valence-electron chi connectivity index (χ1n) is 12.0. The van der Waals surface area contributed by atoms with Crippen LogP contribution in [0.5, 0.6) is 0 Å². The highest BCUT2D eigenvalue weighted by Crippen LogP contribution is 2.29. The van der Waals surface area contributed by atoms with Gasteiger partial charge in [0.2, 0.25) is 0 Å². The zero-order chi connectivity index (χ0) is 31.3. The molecule has 0 saturated heterocycles. The molecule has 0 radical (unpaired) electrons. The minimum absolute atomic E-state index is 0.0198. The van der Waals surface area contributed by atoms with Gasteiger partial charge in [0.15, 0.2) is 22.6 Å². The van der Waals surface area contributed by atoms with Gasteiger partial charge >= 0.3 is 0 Å². The monoisotopic (exact) mass is 640 g/mol. The summed E-state index contributed by atoms with van der Waals surface area (Å²) in [5.41, 5.74) is 9.78. The van der Waals surface area contributed by atoms with Crippen LogP contribution in [0, 0.1) is 34.3 Å². The first kappa shape index (κ1) is 30.9. The number of pyridine rings is 2. The fourth-order valence-electron chi connectivity index (χ4n) is 3.93. The van der Waals surface area contributed by atoms with E-state index in [9.17, 15) is 18.4 Å². The SMILES string of the molecule is N#Cc1cc(F)c(Cl)nc1Cl.N#Cc1cc(F)c(Nc2cccc3c2CNC3=O)nc1Cl.Nc1cccc2c1CNC2=O. The van der Waals surface area contributed by atoms with E-state index >= 15 is 0 Å². The van der Waals surface area contributed by atoms with Crippen molar-refractivity contribution in [3.8, 4) is 12.1 Å². The second kappa shape index (κ2) is 13.3. The van der Waals surface area contributed by atoms with E-state index in [0.717, 1.165) is 23.3 Å². The Labute approximate surface area is 258 Å². The van der Waals surface area contributed by atoms with Crippen molar-refractivity contribution in [2.75, 3.05) is 11.1 Å². The number of aromatic nitrogens is 2. The number of rotatable bonds is 2. The highest BCUT2D eigenvalue weighted by Gasteiger charge is 2.22. The van der Waals surface area contributed by atoms with E-state index in [1.165, 1.54) is 0 Å². The Morgan fingerprint density at radius 3 is 1.93 bits per heavy atom. The lowest BCUT2D eigenvalue weighted by Crippen LogP contribution is -2.12. The molecule has 4 heterocycles. The van der Waals surface area contributed by atoms with Gasteiger partial charge in [-0.3, -0.25) is 9.59 Å². The second-order valence-corrected chi connectivity index (χ2v) is 9.75. The van der Waals surface area contributed by atoms with Gasteiger partial charge in [-0.25, -0.2) is 18.7 Å². The number of halogens is 5. The summed E-state index contributed by atoms with van der Waals surface area (Å²) in [5.74, 6) is -1.71. The number of amides is 2. The van der Waals surface area contributed by atoms with Crippen molar-refractivity contribution in [1.29, 1.82) is 10.5 Å². The van der Waals surface area contributed by atoms with Gasteiger partial charge in [0.1, 0.15) is 22.4 Å². The minimum atomic E-state index is -0.743. The van der Waals surface area contributed by atoms with Crippen LogP contribution in [-0.4, -0.2) is 21.8 Å². The molecule has 2 aromatic carbocycles. The molecule has 4 aromatic rings. The Balaban J connectivity index is 0.000000162. The van der Waals surface area contributed by atoms with Gasteiger partial charge in [0, 0.05) is 46.7 Å². The molecule has 2 amide bonds. The van der Waals surface area contributed by atoms with E-state index < -0.39 is 11.6 Å². The van der Waals surface area contributed by atoms with Crippen LogP contribution in [0.15, 0.2) is 48.5 Å². The van der Waals surface area contributed by atoms with Crippen LogP contribution in [0.3, 0.4) is 0 Å². The van der Waals surface area contributed by atoms with Crippen LogP contribution in [0.1, 0.15) is 43.0 Å². The summed E-state index contributed by atoms with van der Waals surface area (Å²) >= 11 is 16.5. The van der Waals surface area contributed by atoms with Gasteiger partial charge in [-0.2, -0.15) is 10.5 Å². The van der Waals surface area contributed by atoms with Crippen molar-refractivity contribution in [3.05, 3.63) is 109 Å². The predicted octanol–water partition coefficient (Wildman–Crippen LogP) is 5.64. The molecule has 10 nitrogen and oxygen atoms in total. The lowest BCUT2D eigenvalue weighted by atomic mass is 10.1. The summed E-state index contributed by atoms with van der Waals surface area (Å²) in [5, 5.41) is 24.8. The Bertz CT molecular complexity index is 1860. The Hall–Kier alpha value is -5.01. The van der Waals surface area contributed by atoms with Crippen molar-refractivity contribution in [1.82, 2.24) is 20.6 Å². The Morgan fingerprint density at radius 1 is 0.791 bits per heavy atom. The number of carbonyl (C=O) groups is 2. The quantitative estimate of drug-likeness (QED) is 0.161. The number of nitrogen functional groups attached to an aromatic ring is 1. The highest BCUT2D eigenvalue weighted by molar-refractivity contribution is 6.33. The van der Waals surface area contributed by atoms with Crippen LogP contribution in [0.25, 0.3) is 0 Å². The van der Waals surface area contributed by atoms with E-state index in [0.29, 0.717) is 35.6 Å². The molecule has 0 atom stereocenters. The number of hydrogen-bond acceptors (Lipinski definition) is 8. The molecular formula is C28H17Cl3F2N8O2. The van der Waals surface area contributed by atoms with Crippen molar-refractivity contribution in [3.63, 3.8) is 0 Å². The molecule has 0 fully saturated rings. The second-order valence-electron chi connectivity index (χ2n) is 8.68. The van der Waals surface area contributed by atoms with E-state index in [1.54, 1.807) is 48.5 Å². The molecule has 43 heavy (non-hydrogen) atoms. The first-order chi connectivity index (χ1) is 20.5. The number of nitriles is 2. The van der Waals surface area contributed by atoms with Crippen molar-refractivity contribution < 1.29 is 18.4 Å². The minimum Gasteiger partial charge on any atom is -0.398 e. The Morgan fingerprint density at radius 2 is 1.33 bits per heavy atom. The Kier molecular flexibility index (Phi) is 9.58. The fraction of sp³-hybridized carbons (Fsp3) is 0.0714. The molecule has 15 heteroatoms. The van der Waals surface area contributed by atoms with Gasteiger partial charge in [0.25, 0.3) is 11.8 Å². The maximum Gasteiger partial charge on any atom is 0.251 e. The number of fused-ring (bicyclic) bond motifs is 2. The summed E-state index contributed by atoms with van der Waals surface area (Å²) in [4.78, 5) is 29.9. The van der Waals surface area contributed by atoms with Gasteiger partial charge in [-0.15, -0.1) is 0 Å². The third-order valence-electron chi connectivity index (χ3n) is 6.04. The number of nitrogens with zero attached hydrogens (tertiary/aromatic N) is 4. The summed E-state index contributed by atoms with van der Waals surface area (Å²) < 4.78 is 26.5. The van der Waals surface area contributed by atoms with E-state index in [-0.39, 0.29) is 44.2 Å². The fourth-order valence-corrected chi connectivity index (χ4v) is 4.48. The maximum atomic E-state index is 13.9. The highest BCUT2D eigenvalue weighted by atomic mass is 35.5. The molecular weight excluding hydrogens is 625 g/mol. The van der Waals surface area contributed by atoms with Crippen LogP contribution >= 0.6 is 34.8 Å². The number of anilines is 3. The molecule has 0 unspecified atom stereocenters. The van der Waals surface area contributed by atoms with Gasteiger partial charge in [0.05, 0.1) is 11.1 Å². The molecule has 0 bridgehead atoms. The molecule has 0 spiro atoms. The van der Waals surface area contributed by atoms with Crippen molar-refractivity contribution >= 4 is 63.8 Å². The van der Waals surface area contributed by atoms with Gasteiger partial charge in [-0.1, -0.05) is 46.9 Å². The van der Waals surface area contributed by atoms with Crippen LogP contribution in [0.2, 0.25) is 15.5 Å². The largest absolute Gasteiger partial charge is 0.398 e. The first-order valence-corrected chi connectivity index (χ1v) is 13.2. The normalized spacial score (nSPS) is 12.2. The van der Waals surface area contributed by atoms with E-state index in [4.69, 9.17) is 51.1 Å². The zero-order valence-corrected chi connectivity index (χ0v) is 23.9. The average molecular weight is 642 g/mol. The predicted molar refractivity (Wildman–Crippen MR) is 156 cm³/mol. The number of nitrogens with one attached hydrogen (secondary N) is 3. The topological polar surface area (TPSA) is 170 Å². The van der Waals surface area contributed by atoms with Gasteiger partial charge < -0.3 is 21.7 Å². The molecule has 0 saturated carbocycles. The molecule has 6 rings (SSSR count). The third-order valence-corrected chi connectivity index (χ3v) is 6.88. The molecule has 2 aliphatic rings. The van der Waals surface area contributed by atoms with Crippen molar-refractivity contribution in [2.24, 2.45) is 0 Å². The van der Waals surface area contributed by atoms with E-state index in [2.05, 4.69) is 25.9 Å². The maximum absolute atomic E-state index is 13.9. The smallest absolute Gasteiger partial charge is 0.251 e. The standard InChI is InChI=1S/C14H8ClFN4O.C8H8N2O.C6HCl2FN2/c15-12-7(5-17)4-10(16)13(20-12)19-11-3-1-2-8-9(11)6-18-14(8)21;9-7-3-1-2-5-6(7)4-10-8(5)11;7-5-3(2-10)1-4(9)6(8)11-5/h1-4H,6H2,(H,18,21)(H,19,20);1-3H,4,9H2,(H,10,11);1H. The van der Waals surface area contributed by atoms with Crippen LogP contribution < -0.4 is 21.7 Å². The van der Waals surface area contributed by atoms with Gasteiger partial charge in [-0.05, 0) is 36.4 Å². The molecule has 5 N–H and O–H groups in total. The number of benzene rings is 2. The lowest BCUT2D eigenvalue weighted by molar-refractivity contribution is 0.0957. The van der Waals surface area contributed by atoms with E-state index in [1.807, 2.05) is 0 Å². The molecule has 216 valence electrons. The third kappa shape index (κ3) is 6.90. The number of hydrogen-bond donors (Lipinski definition) is 4. The summed E-state index contributed by atoms with van der Waals surface area (Å²) in [6.07, 6.45) is 0. The van der Waals surface area contributed by atoms with Crippen LogP contribution in [-0.2, 0) is 13.1 Å². The molecule has 2 aliphatic heterocycles.